The van der Waals surface area contributed by atoms with Crippen LogP contribution in [0, 0.1) is 0 Å². The van der Waals surface area contributed by atoms with Crippen LogP contribution in [-0.2, 0) is 9.53 Å². The minimum absolute atomic E-state index is 0.310. The van der Waals surface area contributed by atoms with Crippen molar-refractivity contribution in [2.75, 3.05) is 0 Å². The van der Waals surface area contributed by atoms with Gasteiger partial charge in [0.15, 0.2) is 6.10 Å². The van der Waals surface area contributed by atoms with Gasteiger partial charge in [0.25, 0.3) is 5.91 Å². The van der Waals surface area contributed by atoms with Gasteiger partial charge >= 0.3 is 5.97 Å². The van der Waals surface area contributed by atoms with E-state index in [2.05, 4.69) is 37.2 Å². The molecule has 0 radical (unpaired) electrons. The van der Waals surface area contributed by atoms with Crippen LogP contribution in [0.1, 0.15) is 37.4 Å². The summed E-state index contributed by atoms with van der Waals surface area (Å²) in [5.41, 5.74) is -0.354. The van der Waals surface area contributed by atoms with Gasteiger partial charge in [-0.25, -0.2) is 4.79 Å². The number of nitrogens with one attached hydrogen (secondary N) is 1. The second-order valence-corrected chi connectivity index (χ2v) is 8.24. The predicted molar refractivity (Wildman–Crippen MR) is 82.5 cm³/mol. The van der Waals surface area contributed by atoms with Gasteiger partial charge in [0.05, 0.1) is 3.79 Å². The fraction of sp³-hybridized carbons (Fsp3) is 0.500. The van der Waals surface area contributed by atoms with Crippen molar-refractivity contribution >= 4 is 55.1 Å². The molecule has 0 aliphatic carbocycles. The molecule has 1 rings (SSSR count). The maximum absolute atomic E-state index is 11.9. The zero-order valence-corrected chi connectivity index (χ0v) is 15.0. The first-order valence-corrected chi connectivity index (χ1v) is 7.98. The molecule has 0 aromatic carbocycles. The van der Waals surface area contributed by atoms with E-state index in [1.165, 1.54) is 11.3 Å². The number of hydrogen-bond donors (Lipinski definition) is 1. The van der Waals surface area contributed by atoms with Gasteiger partial charge in [-0.05, 0) is 65.6 Å². The lowest BCUT2D eigenvalue weighted by Crippen LogP contribution is -2.46. The van der Waals surface area contributed by atoms with Crippen molar-refractivity contribution in [2.45, 2.75) is 39.3 Å². The molecule has 0 aliphatic rings. The Balaban J connectivity index is 2.64. The van der Waals surface area contributed by atoms with E-state index in [0.29, 0.717) is 4.88 Å². The van der Waals surface area contributed by atoms with Gasteiger partial charge in [-0.3, -0.25) is 4.79 Å². The van der Waals surface area contributed by atoms with E-state index in [4.69, 9.17) is 4.74 Å². The molecule has 0 fully saturated rings. The van der Waals surface area contributed by atoms with E-state index in [-0.39, 0.29) is 11.4 Å². The second-order valence-electron chi connectivity index (χ2n) is 5.02. The van der Waals surface area contributed by atoms with E-state index < -0.39 is 12.1 Å². The van der Waals surface area contributed by atoms with Crippen LogP contribution in [0.2, 0.25) is 0 Å². The van der Waals surface area contributed by atoms with Crippen LogP contribution in [0.4, 0.5) is 0 Å². The van der Waals surface area contributed by atoms with Crippen LogP contribution in [0.3, 0.4) is 0 Å². The van der Waals surface area contributed by atoms with Crippen LogP contribution in [0.25, 0.3) is 0 Å². The molecule has 0 bridgehead atoms. The van der Waals surface area contributed by atoms with Crippen molar-refractivity contribution in [3.8, 4) is 0 Å². The number of rotatable bonds is 3. The molecule has 19 heavy (non-hydrogen) atoms. The summed E-state index contributed by atoms with van der Waals surface area (Å²) in [6.07, 6.45) is -0.827. The average Bonchev–Trinajstić information content (AvgIpc) is 2.56. The van der Waals surface area contributed by atoms with Gasteiger partial charge in [0.2, 0.25) is 0 Å². The van der Waals surface area contributed by atoms with E-state index in [0.717, 1.165) is 8.26 Å². The normalized spacial score (nSPS) is 12.9. The van der Waals surface area contributed by atoms with E-state index in [1.54, 1.807) is 13.0 Å². The third kappa shape index (κ3) is 5.24. The molecule has 1 heterocycles. The molecular weight excluding hydrogens is 398 g/mol. The SMILES string of the molecule is C[C@@H](OC(=O)c1cc(Br)c(Br)s1)C(=O)NC(C)(C)C. The number of ether oxygens (including phenoxy) is 1. The van der Waals surface area contributed by atoms with Gasteiger partial charge in [-0.1, -0.05) is 0 Å². The molecule has 7 heteroatoms. The first kappa shape index (κ1) is 16.7. The number of carbonyl (C=O) groups is 2. The number of carbonyl (C=O) groups excluding carboxylic acids is 2. The summed E-state index contributed by atoms with van der Waals surface area (Å²) in [6.45, 7) is 7.16. The maximum Gasteiger partial charge on any atom is 0.349 e. The maximum atomic E-state index is 11.9. The van der Waals surface area contributed by atoms with E-state index in [1.807, 2.05) is 20.8 Å². The van der Waals surface area contributed by atoms with Crippen molar-refractivity contribution in [1.29, 1.82) is 0 Å². The molecule has 1 aromatic rings. The second kappa shape index (κ2) is 6.37. The Hall–Kier alpha value is -0.400. The molecule has 0 aliphatic heterocycles. The lowest BCUT2D eigenvalue weighted by Gasteiger charge is -2.23. The third-order valence-corrected chi connectivity index (χ3v) is 5.23. The number of hydrogen-bond acceptors (Lipinski definition) is 4. The van der Waals surface area contributed by atoms with Crippen LogP contribution in [-0.4, -0.2) is 23.5 Å². The molecule has 106 valence electrons. The van der Waals surface area contributed by atoms with E-state index in [9.17, 15) is 9.59 Å². The highest BCUT2D eigenvalue weighted by molar-refractivity contribution is 9.13. The quantitative estimate of drug-likeness (QED) is 0.769. The standard InChI is InChI=1S/C12H15Br2NO3S/c1-6(10(16)15-12(2,3)4)18-11(17)8-5-7(13)9(14)19-8/h5-6H,1-4H3,(H,15,16)/t6-/m1/s1. The number of amides is 1. The van der Waals surface area contributed by atoms with Gasteiger partial charge < -0.3 is 10.1 Å². The summed E-state index contributed by atoms with van der Waals surface area (Å²) < 4.78 is 6.73. The average molecular weight is 413 g/mol. The smallest absolute Gasteiger partial charge is 0.349 e. The monoisotopic (exact) mass is 411 g/mol. The Morgan fingerprint density at radius 3 is 2.37 bits per heavy atom. The Morgan fingerprint density at radius 1 is 1.37 bits per heavy atom. The fourth-order valence-corrected chi connectivity index (χ4v) is 3.11. The molecule has 0 unspecified atom stereocenters. The van der Waals surface area contributed by atoms with Crippen LogP contribution in [0.15, 0.2) is 14.3 Å². The van der Waals surface area contributed by atoms with Crippen molar-refractivity contribution in [2.24, 2.45) is 0 Å². The number of esters is 1. The van der Waals surface area contributed by atoms with Gasteiger partial charge in [0, 0.05) is 10.0 Å². The summed E-state index contributed by atoms with van der Waals surface area (Å²) in [5, 5.41) is 2.76. The molecular formula is C12H15Br2NO3S. The van der Waals surface area contributed by atoms with Crippen molar-refractivity contribution in [3.05, 3.63) is 19.2 Å². The van der Waals surface area contributed by atoms with Crippen LogP contribution < -0.4 is 5.32 Å². The first-order chi connectivity index (χ1) is 8.60. The highest BCUT2D eigenvalue weighted by Crippen LogP contribution is 2.32. The zero-order valence-electron chi connectivity index (χ0n) is 11.0. The Labute approximate surface area is 133 Å². The van der Waals surface area contributed by atoms with Gasteiger partial charge in [0.1, 0.15) is 4.88 Å². The Morgan fingerprint density at radius 2 is 1.95 bits per heavy atom. The van der Waals surface area contributed by atoms with Crippen molar-refractivity contribution in [3.63, 3.8) is 0 Å². The molecule has 1 amide bonds. The highest BCUT2D eigenvalue weighted by atomic mass is 79.9. The minimum atomic E-state index is -0.827. The zero-order chi connectivity index (χ0) is 14.8. The largest absolute Gasteiger partial charge is 0.448 e. The lowest BCUT2D eigenvalue weighted by atomic mass is 10.1. The third-order valence-electron chi connectivity index (χ3n) is 2.00. The highest BCUT2D eigenvalue weighted by Gasteiger charge is 2.23. The predicted octanol–water partition coefficient (Wildman–Crippen LogP) is 3.73. The fourth-order valence-electron chi connectivity index (χ4n) is 1.19. The van der Waals surface area contributed by atoms with Crippen molar-refractivity contribution in [1.82, 2.24) is 5.32 Å². The first-order valence-electron chi connectivity index (χ1n) is 5.58. The van der Waals surface area contributed by atoms with Crippen molar-refractivity contribution < 1.29 is 14.3 Å². The molecule has 0 spiro atoms. The number of thiophene rings is 1. The van der Waals surface area contributed by atoms with Crippen LogP contribution >= 0.6 is 43.2 Å². The van der Waals surface area contributed by atoms with E-state index >= 15 is 0 Å². The summed E-state index contributed by atoms with van der Waals surface area (Å²) in [7, 11) is 0. The van der Waals surface area contributed by atoms with Crippen LogP contribution in [0.5, 0.6) is 0 Å². The molecule has 0 saturated carbocycles. The minimum Gasteiger partial charge on any atom is -0.448 e. The molecule has 1 aromatic heterocycles. The summed E-state index contributed by atoms with van der Waals surface area (Å²) in [4.78, 5) is 24.1. The summed E-state index contributed by atoms with van der Waals surface area (Å²) >= 11 is 7.85. The molecule has 4 nitrogen and oxygen atoms in total. The van der Waals surface area contributed by atoms with Gasteiger partial charge in [-0.15, -0.1) is 11.3 Å². The Bertz CT molecular complexity index is 474. The lowest BCUT2D eigenvalue weighted by molar-refractivity contribution is -0.130. The Kier molecular flexibility index (Phi) is 5.58. The number of halogens is 2. The topological polar surface area (TPSA) is 55.4 Å². The van der Waals surface area contributed by atoms with Gasteiger partial charge in [-0.2, -0.15) is 0 Å². The molecule has 0 saturated heterocycles. The summed E-state index contributed by atoms with van der Waals surface area (Å²) in [5.74, 6) is -0.816. The molecule has 1 atom stereocenters. The summed E-state index contributed by atoms with van der Waals surface area (Å²) in [6, 6.07) is 1.66. The molecule has 1 N–H and O–H groups in total.